The van der Waals surface area contributed by atoms with Gasteiger partial charge in [0.25, 0.3) is 20.2 Å². The van der Waals surface area contributed by atoms with Gasteiger partial charge < -0.3 is 14.2 Å². The summed E-state index contributed by atoms with van der Waals surface area (Å²) in [5.41, 5.74) is 3.75. The minimum Gasteiger partial charge on any atom is -0.472 e. The molecule has 4 heterocycles. The van der Waals surface area contributed by atoms with E-state index in [-0.39, 0.29) is 9.79 Å². The number of furan rings is 1. The van der Waals surface area contributed by atoms with Crippen LogP contribution in [0.2, 0.25) is 0 Å². The number of rotatable bonds is 4. The molecule has 2 N–H and O–H groups in total. The van der Waals surface area contributed by atoms with Crippen LogP contribution in [0.15, 0.2) is 93.5 Å². The van der Waals surface area contributed by atoms with Crippen molar-refractivity contribution in [3.05, 3.63) is 90.4 Å². The smallest absolute Gasteiger partial charge is 0.294 e. The molecule has 0 saturated carbocycles. The Morgan fingerprint density at radius 1 is 0.714 bits per heavy atom. The van der Waals surface area contributed by atoms with Gasteiger partial charge in [-0.1, -0.05) is 35.4 Å². The lowest BCUT2D eigenvalue weighted by molar-refractivity contribution is 0.387. The maximum Gasteiger partial charge on any atom is 0.294 e. The van der Waals surface area contributed by atoms with Crippen molar-refractivity contribution in [2.24, 2.45) is 11.8 Å². The zero-order chi connectivity index (χ0) is 30.5. The van der Waals surface area contributed by atoms with Crippen molar-refractivity contribution in [2.45, 2.75) is 23.6 Å². The van der Waals surface area contributed by atoms with Crippen LogP contribution in [0.25, 0.3) is 11.3 Å². The van der Waals surface area contributed by atoms with Crippen LogP contribution >= 0.6 is 0 Å². The number of hydrogen-bond acceptors (Lipinski definition) is 9. The molecule has 42 heavy (non-hydrogen) atoms. The summed E-state index contributed by atoms with van der Waals surface area (Å²) in [6.45, 7) is 8.31. The maximum absolute atomic E-state index is 10.5. The van der Waals surface area contributed by atoms with Gasteiger partial charge in [-0.05, 0) is 75.2 Å². The van der Waals surface area contributed by atoms with Crippen LogP contribution in [0, 0.1) is 25.7 Å². The Kier molecular flexibility index (Phi) is 9.79. The van der Waals surface area contributed by atoms with Crippen molar-refractivity contribution < 1.29 is 30.4 Å². The number of nitrogens with zero attached hydrogens (tertiary/aromatic N) is 4. The number of anilines is 1. The predicted octanol–water partition coefficient (Wildman–Crippen LogP) is 4.22. The summed E-state index contributed by atoms with van der Waals surface area (Å²) < 4.78 is 64.2. The number of likely N-dealkylation sites (tertiary alicyclic amines) is 1. The number of aryl methyl sites for hydroxylation is 2. The SMILES string of the molecule is CN1CC2CN(c3ccc(-c4ccoc4)nn3)CC2C1.Cc1ccc(S(=O)(=O)O)cc1.Cc1ccc(S(=O)(=O)O)cc1. The monoisotopic (exact) mass is 614 g/mol. The molecular weight excluding hydrogens is 580 g/mol. The number of aromatic nitrogens is 2. The van der Waals surface area contributed by atoms with Crippen LogP contribution in [0.4, 0.5) is 5.82 Å². The summed E-state index contributed by atoms with van der Waals surface area (Å²) in [6.07, 6.45) is 3.35. The average Bonchev–Trinajstić information content (AvgIpc) is 3.66. The molecule has 2 saturated heterocycles. The van der Waals surface area contributed by atoms with Crippen LogP contribution in [-0.4, -0.2) is 74.3 Å². The summed E-state index contributed by atoms with van der Waals surface area (Å²) >= 11 is 0. The largest absolute Gasteiger partial charge is 0.472 e. The quantitative estimate of drug-likeness (QED) is 0.318. The van der Waals surface area contributed by atoms with Crippen molar-refractivity contribution in [1.29, 1.82) is 0 Å². The van der Waals surface area contributed by atoms with Crippen LogP contribution in [0.1, 0.15) is 11.1 Å². The Bertz CT molecular complexity index is 1570. The third-order valence-electron chi connectivity index (χ3n) is 7.10. The van der Waals surface area contributed by atoms with Gasteiger partial charge in [0.05, 0.1) is 28.0 Å². The van der Waals surface area contributed by atoms with Gasteiger partial charge >= 0.3 is 0 Å². The Balaban J connectivity index is 0.000000158. The van der Waals surface area contributed by atoms with Crippen molar-refractivity contribution >= 4 is 26.1 Å². The summed E-state index contributed by atoms with van der Waals surface area (Å²) in [5.74, 6) is 2.57. The molecule has 2 fully saturated rings. The molecule has 0 radical (unpaired) electrons. The van der Waals surface area contributed by atoms with Crippen LogP contribution in [0.3, 0.4) is 0 Å². The Labute approximate surface area is 246 Å². The highest BCUT2D eigenvalue weighted by molar-refractivity contribution is 7.86. The first kappa shape index (κ1) is 31.3. The molecular formula is C29H34N4O7S2. The molecule has 2 aliphatic heterocycles. The molecule has 2 aromatic heterocycles. The van der Waals surface area contributed by atoms with E-state index in [9.17, 15) is 16.8 Å². The zero-order valence-corrected chi connectivity index (χ0v) is 25.2. The van der Waals surface area contributed by atoms with E-state index in [1.165, 1.54) is 37.4 Å². The molecule has 0 amide bonds. The molecule has 2 aliphatic rings. The van der Waals surface area contributed by atoms with Gasteiger partial charge in [0.2, 0.25) is 0 Å². The first-order chi connectivity index (χ1) is 19.8. The van der Waals surface area contributed by atoms with Crippen molar-refractivity contribution in [3.8, 4) is 11.3 Å². The second-order valence-corrected chi connectivity index (χ2v) is 13.4. The lowest BCUT2D eigenvalue weighted by Gasteiger charge is -2.19. The minimum atomic E-state index is -4.02. The van der Waals surface area contributed by atoms with Gasteiger partial charge in [0.1, 0.15) is 0 Å². The highest BCUT2D eigenvalue weighted by atomic mass is 32.2. The lowest BCUT2D eigenvalue weighted by Crippen LogP contribution is -2.27. The van der Waals surface area contributed by atoms with Crippen LogP contribution < -0.4 is 4.90 Å². The third-order valence-corrected chi connectivity index (χ3v) is 8.83. The fourth-order valence-electron chi connectivity index (χ4n) is 4.89. The Morgan fingerprint density at radius 3 is 1.60 bits per heavy atom. The van der Waals surface area contributed by atoms with E-state index in [1.54, 1.807) is 36.8 Å². The lowest BCUT2D eigenvalue weighted by atomic mass is 10.0. The van der Waals surface area contributed by atoms with E-state index in [0.29, 0.717) is 0 Å². The summed E-state index contributed by atoms with van der Waals surface area (Å²) in [4.78, 5) is 4.67. The molecule has 224 valence electrons. The molecule has 2 unspecified atom stereocenters. The van der Waals surface area contributed by atoms with E-state index in [1.807, 2.05) is 26.0 Å². The normalized spacial score (nSPS) is 18.5. The molecule has 6 rings (SSSR count). The number of hydrogen-bond donors (Lipinski definition) is 2. The predicted molar refractivity (Wildman–Crippen MR) is 158 cm³/mol. The highest BCUT2D eigenvalue weighted by Crippen LogP contribution is 2.32. The Hall–Kier alpha value is -3.62. The van der Waals surface area contributed by atoms with E-state index < -0.39 is 20.2 Å². The molecule has 0 bridgehead atoms. The molecule has 2 atom stereocenters. The molecule has 4 aromatic rings. The average molecular weight is 615 g/mol. The van der Waals surface area contributed by atoms with Gasteiger partial charge in [-0.15, -0.1) is 10.2 Å². The van der Waals surface area contributed by atoms with E-state index >= 15 is 0 Å². The molecule has 11 nitrogen and oxygen atoms in total. The number of benzene rings is 2. The molecule has 0 aliphatic carbocycles. The van der Waals surface area contributed by atoms with Gasteiger partial charge in [-0.2, -0.15) is 16.8 Å². The summed E-state index contributed by atoms with van der Waals surface area (Å²) in [6, 6.07) is 18.0. The maximum atomic E-state index is 10.5. The fourth-order valence-corrected chi connectivity index (χ4v) is 5.85. The standard InChI is InChI=1S/C15H18N4O.2C7H8O3S/c1-18-6-12-8-19(9-13(12)7-18)15-3-2-14(16-17-15)11-4-5-20-10-11;2*1-6-2-4-7(5-3-6)11(8,9)10/h2-5,10,12-13H,6-9H2,1H3;2*2-5H,1H3,(H,8,9,10). The van der Waals surface area contributed by atoms with Crippen molar-refractivity contribution in [2.75, 3.05) is 38.1 Å². The third kappa shape index (κ3) is 8.46. The van der Waals surface area contributed by atoms with E-state index in [0.717, 1.165) is 53.1 Å². The van der Waals surface area contributed by atoms with E-state index in [4.69, 9.17) is 13.5 Å². The molecule has 13 heteroatoms. The highest BCUT2D eigenvalue weighted by Gasteiger charge is 2.39. The van der Waals surface area contributed by atoms with Crippen LogP contribution in [0.5, 0.6) is 0 Å². The second-order valence-electron chi connectivity index (χ2n) is 10.5. The van der Waals surface area contributed by atoms with Gasteiger partial charge in [0.15, 0.2) is 5.82 Å². The summed E-state index contributed by atoms with van der Waals surface area (Å²) in [5, 5.41) is 8.70. The van der Waals surface area contributed by atoms with Gasteiger partial charge in [-0.3, -0.25) is 9.11 Å². The number of fused-ring (bicyclic) bond motifs is 1. The van der Waals surface area contributed by atoms with Gasteiger partial charge in [-0.25, -0.2) is 0 Å². The topological polar surface area (TPSA) is 154 Å². The van der Waals surface area contributed by atoms with Crippen molar-refractivity contribution in [1.82, 2.24) is 15.1 Å². The minimum absolute atomic E-state index is 0.0666. The second kappa shape index (κ2) is 13.1. The first-order valence-electron chi connectivity index (χ1n) is 13.2. The fraction of sp³-hybridized carbons (Fsp3) is 0.310. The van der Waals surface area contributed by atoms with Crippen molar-refractivity contribution in [3.63, 3.8) is 0 Å². The first-order valence-corrected chi connectivity index (χ1v) is 16.1. The molecule has 2 aromatic carbocycles. The van der Waals surface area contributed by atoms with Gasteiger partial charge in [0, 0.05) is 31.7 Å². The van der Waals surface area contributed by atoms with Crippen LogP contribution in [-0.2, 0) is 20.2 Å². The summed E-state index contributed by atoms with van der Waals surface area (Å²) in [7, 11) is -5.83. The Morgan fingerprint density at radius 2 is 1.21 bits per heavy atom. The van der Waals surface area contributed by atoms with E-state index in [2.05, 4.69) is 33.1 Å². The zero-order valence-electron chi connectivity index (χ0n) is 23.5. The molecule has 0 spiro atoms.